The molecule has 1 aliphatic carbocycles. The van der Waals surface area contributed by atoms with Crippen LogP contribution in [-0.4, -0.2) is 11.7 Å². The molecule has 4 heteroatoms. The van der Waals surface area contributed by atoms with Crippen molar-refractivity contribution in [3.63, 3.8) is 0 Å². The van der Waals surface area contributed by atoms with Gasteiger partial charge in [-0.15, -0.1) is 11.8 Å². The Morgan fingerprint density at radius 1 is 1.56 bits per heavy atom. The van der Waals surface area contributed by atoms with E-state index in [1.807, 2.05) is 18.2 Å². The molecule has 1 aliphatic rings. The Labute approximate surface area is 113 Å². The molecule has 1 aromatic carbocycles. The second-order valence-electron chi connectivity index (χ2n) is 4.91. The lowest BCUT2D eigenvalue weighted by Crippen LogP contribution is -2.15. The molecule has 1 amide bonds. The van der Waals surface area contributed by atoms with Gasteiger partial charge in [0.25, 0.3) is 0 Å². The average Bonchev–Trinajstić information content (AvgIpc) is 3.07. The minimum absolute atomic E-state index is 0.104. The summed E-state index contributed by atoms with van der Waals surface area (Å²) < 4.78 is 0. The number of carbonyl (C=O) groups excluding carboxylic acids is 1. The van der Waals surface area contributed by atoms with Crippen molar-refractivity contribution in [2.75, 3.05) is 16.8 Å². The number of hydrogen-bond donors (Lipinski definition) is 2. The zero-order chi connectivity index (χ0) is 13.1. The number of hydrogen-bond acceptors (Lipinski definition) is 3. The summed E-state index contributed by atoms with van der Waals surface area (Å²) in [6.45, 7) is 4.25. The normalized spacial score (nSPS) is 21.7. The molecule has 2 atom stereocenters. The number of carbonyl (C=O) groups is 1. The van der Waals surface area contributed by atoms with Crippen molar-refractivity contribution in [1.82, 2.24) is 0 Å². The zero-order valence-corrected chi connectivity index (χ0v) is 11.7. The van der Waals surface area contributed by atoms with Crippen molar-refractivity contribution in [1.29, 1.82) is 0 Å². The minimum atomic E-state index is 0.104. The average molecular weight is 264 g/mol. The van der Waals surface area contributed by atoms with Crippen LogP contribution in [0.5, 0.6) is 0 Å². The van der Waals surface area contributed by atoms with Gasteiger partial charge in [-0.25, -0.2) is 0 Å². The fourth-order valence-electron chi connectivity index (χ4n) is 1.87. The van der Waals surface area contributed by atoms with Crippen molar-refractivity contribution in [2.45, 2.75) is 31.6 Å². The van der Waals surface area contributed by atoms with Crippen molar-refractivity contribution in [2.24, 2.45) is 11.8 Å². The van der Waals surface area contributed by atoms with E-state index in [-0.39, 0.29) is 11.8 Å². The van der Waals surface area contributed by atoms with E-state index in [0.29, 0.717) is 11.6 Å². The Bertz CT molecular complexity index is 447. The van der Waals surface area contributed by atoms with Gasteiger partial charge in [0.2, 0.25) is 5.91 Å². The highest BCUT2D eigenvalue weighted by atomic mass is 32.2. The maximum Gasteiger partial charge on any atom is 0.227 e. The second-order valence-corrected chi connectivity index (χ2v) is 6.07. The number of thioether (sulfide) groups is 1. The highest BCUT2D eigenvalue weighted by molar-refractivity contribution is 7.99. The van der Waals surface area contributed by atoms with Gasteiger partial charge < -0.3 is 11.1 Å². The molecular weight excluding hydrogens is 244 g/mol. The third-order valence-corrected chi connectivity index (χ3v) is 4.40. The van der Waals surface area contributed by atoms with Crippen LogP contribution in [0.2, 0.25) is 0 Å². The minimum Gasteiger partial charge on any atom is -0.397 e. The molecule has 0 bridgehead atoms. The van der Waals surface area contributed by atoms with E-state index < -0.39 is 0 Å². The third kappa shape index (κ3) is 3.19. The molecule has 1 fully saturated rings. The van der Waals surface area contributed by atoms with Gasteiger partial charge >= 0.3 is 0 Å². The zero-order valence-electron chi connectivity index (χ0n) is 10.9. The number of nitrogens with one attached hydrogen (secondary N) is 1. The van der Waals surface area contributed by atoms with Crippen LogP contribution in [0.4, 0.5) is 11.4 Å². The summed E-state index contributed by atoms with van der Waals surface area (Å²) in [4.78, 5) is 13.0. The molecule has 2 unspecified atom stereocenters. The predicted molar refractivity (Wildman–Crippen MR) is 77.8 cm³/mol. The molecular formula is C14H20N2OS. The summed E-state index contributed by atoms with van der Waals surface area (Å²) in [5.41, 5.74) is 7.28. The molecule has 0 saturated heterocycles. The smallest absolute Gasteiger partial charge is 0.227 e. The predicted octanol–water partition coefficient (Wildman–Crippen LogP) is 3.37. The summed E-state index contributed by atoms with van der Waals surface area (Å²) in [6, 6.07) is 5.84. The van der Waals surface area contributed by atoms with E-state index in [2.05, 4.69) is 19.2 Å². The van der Waals surface area contributed by atoms with Gasteiger partial charge in [0.15, 0.2) is 0 Å². The van der Waals surface area contributed by atoms with E-state index >= 15 is 0 Å². The molecule has 1 saturated carbocycles. The number of rotatable bonds is 5. The highest BCUT2D eigenvalue weighted by Gasteiger charge is 2.39. The van der Waals surface area contributed by atoms with Crippen molar-refractivity contribution >= 4 is 29.0 Å². The molecule has 3 nitrogen and oxygen atoms in total. The monoisotopic (exact) mass is 264 g/mol. The molecule has 0 radical (unpaired) electrons. The number of benzene rings is 1. The van der Waals surface area contributed by atoms with E-state index in [0.717, 1.165) is 29.2 Å². The molecule has 0 spiro atoms. The van der Waals surface area contributed by atoms with Crippen molar-refractivity contribution in [3.05, 3.63) is 18.2 Å². The number of amides is 1. The molecule has 18 heavy (non-hydrogen) atoms. The standard InChI is InChI=1S/C14H20N2OS/c1-3-6-18-10-4-5-12(15)13(8-10)16-14(17)11-7-9(11)2/h4-5,8-9,11H,3,6-7,15H2,1-2H3,(H,16,17). The first-order valence-electron chi connectivity index (χ1n) is 6.45. The van der Waals surface area contributed by atoms with E-state index in [1.165, 1.54) is 0 Å². The van der Waals surface area contributed by atoms with Crippen LogP contribution >= 0.6 is 11.8 Å². The van der Waals surface area contributed by atoms with Gasteiger partial charge in [-0.05, 0) is 42.7 Å². The summed E-state index contributed by atoms with van der Waals surface area (Å²) in [5, 5.41) is 2.94. The number of nitrogen functional groups attached to an aromatic ring is 1. The topological polar surface area (TPSA) is 55.1 Å². The molecule has 0 aromatic heterocycles. The van der Waals surface area contributed by atoms with Gasteiger partial charge in [0, 0.05) is 10.8 Å². The van der Waals surface area contributed by atoms with Gasteiger partial charge in [-0.2, -0.15) is 0 Å². The van der Waals surface area contributed by atoms with E-state index in [1.54, 1.807) is 11.8 Å². The van der Waals surface area contributed by atoms with Crippen LogP contribution in [0.25, 0.3) is 0 Å². The molecule has 2 rings (SSSR count). The van der Waals surface area contributed by atoms with Crippen LogP contribution in [0.1, 0.15) is 26.7 Å². The van der Waals surface area contributed by atoms with Crippen LogP contribution in [0.15, 0.2) is 23.1 Å². The fourth-order valence-corrected chi connectivity index (χ4v) is 2.67. The van der Waals surface area contributed by atoms with Crippen molar-refractivity contribution in [3.8, 4) is 0 Å². The Kier molecular flexibility index (Phi) is 4.17. The van der Waals surface area contributed by atoms with Gasteiger partial charge in [0.1, 0.15) is 0 Å². The first kappa shape index (κ1) is 13.3. The molecule has 3 N–H and O–H groups in total. The largest absolute Gasteiger partial charge is 0.397 e. The lowest BCUT2D eigenvalue weighted by molar-refractivity contribution is -0.117. The van der Waals surface area contributed by atoms with Crippen LogP contribution in [0.3, 0.4) is 0 Å². The number of nitrogens with two attached hydrogens (primary N) is 1. The number of anilines is 2. The first-order valence-corrected chi connectivity index (χ1v) is 7.43. The maximum absolute atomic E-state index is 11.9. The summed E-state index contributed by atoms with van der Waals surface area (Å²) in [6.07, 6.45) is 2.13. The molecule has 0 heterocycles. The summed E-state index contributed by atoms with van der Waals surface area (Å²) in [5.74, 6) is 1.88. The van der Waals surface area contributed by atoms with E-state index in [4.69, 9.17) is 5.73 Å². The molecule has 0 aliphatic heterocycles. The van der Waals surface area contributed by atoms with Crippen LogP contribution in [-0.2, 0) is 4.79 Å². The Hall–Kier alpha value is -1.16. The SMILES string of the molecule is CCCSc1ccc(N)c(NC(=O)C2CC2C)c1. The second kappa shape index (κ2) is 5.65. The first-order chi connectivity index (χ1) is 8.61. The third-order valence-electron chi connectivity index (χ3n) is 3.20. The Morgan fingerprint density at radius 3 is 2.89 bits per heavy atom. The quantitative estimate of drug-likeness (QED) is 0.633. The Balaban J connectivity index is 2.03. The van der Waals surface area contributed by atoms with Crippen molar-refractivity contribution < 1.29 is 4.79 Å². The fraction of sp³-hybridized carbons (Fsp3) is 0.500. The van der Waals surface area contributed by atoms with Crippen LogP contribution in [0, 0.1) is 11.8 Å². The van der Waals surface area contributed by atoms with Crippen LogP contribution < -0.4 is 11.1 Å². The molecule has 1 aromatic rings. The maximum atomic E-state index is 11.9. The summed E-state index contributed by atoms with van der Waals surface area (Å²) >= 11 is 1.79. The lowest BCUT2D eigenvalue weighted by atomic mass is 10.2. The van der Waals surface area contributed by atoms with Gasteiger partial charge in [-0.3, -0.25) is 4.79 Å². The van der Waals surface area contributed by atoms with E-state index in [9.17, 15) is 4.79 Å². The Morgan fingerprint density at radius 2 is 2.28 bits per heavy atom. The molecule has 98 valence electrons. The summed E-state index contributed by atoms with van der Waals surface area (Å²) in [7, 11) is 0. The lowest BCUT2D eigenvalue weighted by Gasteiger charge is -2.10. The van der Waals surface area contributed by atoms with Gasteiger partial charge in [0.05, 0.1) is 11.4 Å². The van der Waals surface area contributed by atoms with Gasteiger partial charge in [-0.1, -0.05) is 13.8 Å². The highest BCUT2D eigenvalue weighted by Crippen LogP contribution is 2.39.